The largest absolute Gasteiger partial charge is 0.384 e. The fraction of sp³-hybridized carbons (Fsp3) is 0.400. The molecular weight excluding hydrogens is 214 g/mol. The van der Waals surface area contributed by atoms with E-state index in [4.69, 9.17) is 0 Å². The number of rotatable bonds is 0. The third-order valence-electron chi connectivity index (χ3n) is 2.91. The molecule has 62 valence electrons. The van der Waals surface area contributed by atoms with E-state index in [2.05, 4.69) is 39.4 Å². The molecule has 0 unspecified atom stereocenters. The van der Waals surface area contributed by atoms with E-state index < -0.39 is 0 Å². The maximum absolute atomic E-state index is 3.57. The molecule has 0 spiro atoms. The van der Waals surface area contributed by atoms with Gasteiger partial charge in [0.15, 0.2) is 0 Å². The van der Waals surface area contributed by atoms with E-state index in [1.54, 1.807) is 0 Å². The highest BCUT2D eigenvalue weighted by atomic mass is 79.9. The molecule has 1 aliphatic carbocycles. The van der Waals surface area contributed by atoms with E-state index in [1.807, 2.05) is 0 Å². The Balaban J connectivity index is 2.18. The van der Waals surface area contributed by atoms with Crippen LogP contribution in [0.4, 0.5) is 5.69 Å². The van der Waals surface area contributed by atoms with Crippen LogP contribution in [-0.2, 0) is 0 Å². The Hall–Kier alpha value is -0.500. The molecule has 1 saturated carbocycles. The highest BCUT2D eigenvalue weighted by molar-refractivity contribution is 9.10. The van der Waals surface area contributed by atoms with E-state index >= 15 is 0 Å². The van der Waals surface area contributed by atoms with Crippen LogP contribution in [0.25, 0.3) is 0 Å². The van der Waals surface area contributed by atoms with Crippen molar-refractivity contribution < 1.29 is 0 Å². The van der Waals surface area contributed by atoms with E-state index in [0.717, 1.165) is 11.8 Å². The Labute approximate surface area is 80.3 Å². The van der Waals surface area contributed by atoms with Crippen molar-refractivity contribution in [2.45, 2.75) is 12.3 Å². The van der Waals surface area contributed by atoms with Gasteiger partial charge in [-0.1, -0.05) is 12.1 Å². The lowest BCUT2D eigenvalue weighted by Gasteiger charge is -2.18. The second-order valence-corrected chi connectivity index (χ2v) is 4.54. The molecule has 0 amide bonds. The van der Waals surface area contributed by atoms with Gasteiger partial charge in [-0.2, -0.15) is 0 Å². The summed E-state index contributed by atoms with van der Waals surface area (Å²) in [4.78, 5) is 0. The van der Waals surface area contributed by atoms with Crippen molar-refractivity contribution >= 4 is 21.6 Å². The van der Waals surface area contributed by atoms with Crippen LogP contribution in [0.2, 0.25) is 0 Å². The predicted molar refractivity (Wildman–Crippen MR) is 53.5 cm³/mol. The van der Waals surface area contributed by atoms with Crippen LogP contribution < -0.4 is 5.32 Å². The zero-order chi connectivity index (χ0) is 8.13. The summed E-state index contributed by atoms with van der Waals surface area (Å²) in [6.07, 6.45) is 1.39. The summed E-state index contributed by atoms with van der Waals surface area (Å²) >= 11 is 3.57. The fourth-order valence-electron chi connectivity index (χ4n) is 2.12. The number of nitrogens with one attached hydrogen (secondary N) is 1. The highest BCUT2D eigenvalue weighted by Gasteiger charge is 2.42. The third-order valence-corrected chi connectivity index (χ3v) is 3.57. The normalized spacial score (nSPS) is 30.1. The lowest BCUT2D eigenvalue weighted by atomic mass is 10.0. The summed E-state index contributed by atoms with van der Waals surface area (Å²) in [5.41, 5.74) is 2.84. The molecule has 1 nitrogen and oxygen atoms in total. The SMILES string of the molecule is Brc1cccc2c1NC[C@H]1C[C@@H]21. The van der Waals surface area contributed by atoms with Crippen LogP contribution in [0.5, 0.6) is 0 Å². The average molecular weight is 224 g/mol. The number of para-hydroxylation sites is 1. The van der Waals surface area contributed by atoms with Crippen LogP contribution in [0.3, 0.4) is 0 Å². The molecule has 1 aromatic carbocycles. The Morgan fingerprint density at radius 2 is 2.33 bits per heavy atom. The molecule has 1 N–H and O–H groups in total. The van der Waals surface area contributed by atoms with Crippen molar-refractivity contribution in [2.24, 2.45) is 5.92 Å². The second kappa shape index (κ2) is 2.25. The summed E-state index contributed by atoms with van der Waals surface area (Å²) < 4.78 is 1.21. The van der Waals surface area contributed by atoms with Crippen molar-refractivity contribution in [3.8, 4) is 0 Å². The first kappa shape index (κ1) is 6.96. The van der Waals surface area contributed by atoms with Gasteiger partial charge in [0.1, 0.15) is 0 Å². The zero-order valence-electron chi connectivity index (χ0n) is 6.68. The zero-order valence-corrected chi connectivity index (χ0v) is 8.26. The predicted octanol–water partition coefficient (Wildman–Crippen LogP) is 2.98. The van der Waals surface area contributed by atoms with Gasteiger partial charge in [0.25, 0.3) is 0 Å². The Bertz CT molecular complexity index is 335. The minimum absolute atomic E-state index is 0.860. The molecule has 12 heavy (non-hydrogen) atoms. The van der Waals surface area contributed by atoms with E-state index in [-0.39, 0.29) is 0 Å². The molecular formula is C10H10BrN. The average Bonchev–Trinajstić information content (AvgIpc) is 2.83. The minimum atomic E-state index is 0.860. The first-order valence-corrected chi connectivity index (χ1v) is 5.18. The van der Waals surface area contributed by atoms with Crippen molar-refractivity contribution in [3.05, 3.63) is 28.2 Å². The minimum Gasteiger partial charge on any atom is -0.384 e. The van der Waals surface area contributed by atoms with Gasteiger partial charge < -0.3 is 5.32 Å². The van der Waals surface area contributed by atoms with Gasteiger partial charge in [0.2, 0.25) is 0 Å². The highest BCUT2D eigenvalue weighted by Crippen LogP contribution is 2.53. The van der Waals surface area contributed by atoms with Gasteiger partial charge in [-0.05, 0) is 45.8 Å². The lowest BCUT2D eigenvalue weighted by molar-refractivity contribution is 0.815. The summed E-state index contributed by atoms with van der Waals surface area (Å²) in [7, 11) is 0. The van der Waals surface area contributed by atoms with Crippen LogP contribution in [0, 0.1) is 5.92 Å². The molecule has 3 rings (SSSR count). The summed E-state index contributed by atoms with van der Waals surface area (Å²) in [6.45, 7) is 1.17. The standard InChI is InChI=1S/C10H10BrN/c11-9-3-1-2-7-8-4-6(8)5-12-10(7)9/h1-3,6,8,12H,4-5H2/t6-,8-/m1/s1. The van der Waals surface area contributed by atoms with Gasteiger partial charge in [-0.3, -0.25) is 0 Å². The summed E-state index contributed by atoms with van der Waals surface area (Å²) in [5.74, 6) is 1.78. The monoisotopic (exact) mass is 223 g/mol. The van der Waals surface area contributed by atoms with Gasteiger partial charge in [0, 0.05) is 11.0 Å². The Morgan fingerprint density at radius 3 is 3.25 bits per heavy atom. The molecule has 0 aromatic heterocycles. The molecule has 1 aromatic rings. The van der Waals surface area contributed by atoms with E-state index in [0.29, 0.717) is 0 Å². The first-order chi connectivity index (χ1) is 5.86. The number of halogens is 1. The third kappa shape index (κ3) is 0.845. The second-order valence-electron chi connectivity index (χ2n) is 3.69. The topological polar surface area (TPSA) is 12.0 Å². The van der Waals surface area contributed by atoms with Gasteiger partial charge >= 0.3 is 0 Å². The molecule has 0 bridgehead atoms. The number of benzene rings is 1. The summed E-state index contributed by atoms with van der Waals surface area (Å²) in [6, 6.07) is 6.48. The van der Waals surface area contributed by atoms with E-state index in [9.17, 15) is 0 Å². The molecule has 2 aliphatic rings. The fourth-order valence-corrected chi connectivity index (χ4v) is 2.65. The summed E-state index contributed by atoms with van der Waals surface area (Å²) in [5, 5.41) is 3.48. The van der Waals surface area contributed by atoms with Gasteiger partial charge in [-0.25, -0.2) is 0 Å². The van der Waals surface area contributed by atoms with Crippen molar-refractivity contribution in [3.63, 3.8) is 0 Å². The van der Waals surface area contributed by atoms with Crippen LogP contribution >= 0.6 is 15.9 Å². The van der Waals surface area contributed by atoms with Crippen molar-refractivity contribution in [1.29, 1.82) is 0 Å². The quantitative estimate of drug-likeness (QED) is 0.714. The number of hydrogen-bond acceptors (Lipinski definition) is 1. The Kier molecular flexibility index (Phi) is 1.31. The molecule has 2 atom stereocenters. The van der Waals surface area contributed by atoms with Gasteiger partial charge in [-0.15, -0.1) is 0 Å². The molecule has 1 fully saturated rings. The van der Waals surface area contributed by atoms with Gasteiger partial charge in [0.05, 0.1) is 5.69 Å². The van der Waals surface area contributed by atoms with Crippen LogP contribution in [0.15, 0.2) is 22.7 Å². The molecule has 1 heterocycles. The maximum atomic E-state index is 3.57. The van der Waals surface area contributed by atoms with Crippen molar-refractivity contribution in [1.82, 2.24) is 0 Å². The first-order valence-electron chi connectivity index (χ1n) is 4.38. The van der Waals surface area contributed by atoms with Crippen LogP contribution in [-0.4, -0.2) is 6.54 Å². The number of hydrogen-bond donors (Lipinski definition) is 1. The van der Waals surface area contributed by atoms with Crippen molar-refractivity contribution in [2.75, 3.05) is 11.9 Å². The Morgan fingerprint density at radius 1 is 1.42 bits per heavy atom. The molecule has 1 aliphatic heterocycles. The lowest BCUT2D eigenvalue weighted by Crippen LogP contribution is -2.11. The molecule has 0 radical (unpaired) electrons. The van der Waals surface area contributed by atoms with Crippen LogP contribution in [0.1, 0.15) is 17.9 Å². The number of anilines is 1. The smallest absolute Gasteiger partial charge is 0.0520 e. The maximum Gasteiger partial charge on any atom is 0.0520 e. The molecule has 2 heteroatoms. The molecule has 0 saturated heterocycles. The van der Waals surface area contributed by atoms with E-state index in [1.165, 1.54) is 28.7 Å². The number of fused-ring (bicyclic) bond motifs is 3.